The number of hydrogen-bond donors (Lipinski definition) is 3. The van der Waals surface area contributed by atoms with Gasteiger partial charge in [0.05, 0.1) is 6.61 Å². The van der Waals surface area contributed by atoms with Gasteiger partial charge < -0.3 is 14.6 Å². The molecule has 0 radical (unpaired) electrons. The summed E-state index contributed by atoms with van der Waals surface area (Å²) in [5.74, 6) is -1.79. The van der Waals surface area contributed by atoms with Crippen LogP contribution in [0.3, 0.4) is 0 Å². The molecule has 0 aliphatic rings. The number of benzene rings is 1. The molecule has 2 rings (SSSR count). The van der Waals surface area contributed by atoms with Crippen LogP contribution in [0.25, 0.3) is 0 Å². The smallest absolute Gasteiger partial charge is 0.371 e. The molecule has 0 amide bonds. The fraction of sp³-hybridized carbons (Fsp3) is 0.154. The summed E-state index contributed by atoms with van der Waals surface area (Å²) in [5.41, 5.74) is 1.33. The largest absolute Gasteiger partial charge is 0.475 e. The zero-order valence-electron chi connectivity index (χ0n) is 10.8. The molecule has 1 aromatic heterocycles. The summed E-state index contributed by atoms with van der Waals surface area (Å²) in [6.07, 6.45) is 0. The van der Waals surface area contributed by atoms with Gasteiger partial charge >= 0.3 is 5.97 Å². The van der Waals surface area contributed by atoms with Gasteiger partial charge in [0, 0.05) is 6.54 Å². The molecule has 8 heteroatoms. The summed E-state index contributed by atoms with van der Waals surface area (Å²) in [4.78, 5) is 10.7. The van der Waals surface area contributed by atoms with Crippen molar-refractivity contribution in [3.8, 4) is 0 Å². The fourth-order valence-corrected chi connectivity index (χ4v) is 2.61. The van der Waals surface area contributed by atoms with Crippen molar-refractivity contribution in [1.82, 2.24) is 4.72 Å². The lowest BCUT2D eigenvalue weighted by Gasteiger charge is -2.05. The molecule has 3 N–H and O–H groups in total. The molecule has 0 aliphatic carbocycles. The summed E-state index contributed by atoms with van der Waals surface area (Å²) in [6, 6.07) is 8.92. The predicted molar refractivity (Wildman–Crippen MR) is 72.1 cm³/mol. The highest BCUT2D eigenvalue weighted by Crippen LogP contribution is 2.14. The van der Waals surface area contributed by atoms with Crippen LogP contribution in [-0.2, 0) is 23.2 Å². The molecule has 0 fully saturated rings. The summed E-state index contributed by atoms with van der Waals surface area (Å²) in [5, 5.41) is 17.3. The van der Waals surface area contributed by atoms with E-state index in [1.807, 2.05) is 0 Å². The Balaban J connectivity index is 2.11. The van der Waals surface area contributed by atoms with Crippen molar-refractivity contribution in [2.75, 3.05) is 0 Å². The molecule has 1 heterocycles. The highest BCUT2D eigenvalue weighted by molar-refractivity contribution is 7.89. The maximum Gasteiger partial charge on any atom is 0.371 e. The quantitative estimate of drug-likeness (QED) is 0.731. The first kappa shape index (κ1) is 15.2. The monoisotopic (exact) mass is 311 g/mol. The van der Waals surface area contributed by atoms with Crippen LogP contribution in [0.1, 0.15) is 21.7 Å². The van der Waals surface area contributed by atoms with Gasteiger partial charge in [-0.15, -0.1) is 0 Å². The number of aliphatic hydroxyl groups excluding tert-OH is 1. The van der Waals surface area contributed by atoms with Gasteiger partial charge in [0.2, 0.25) is 10.9 Å². The van der Waals surface area contributed by atoms with E-state index in [1.54, 1.807) is 24.3 Å². The van der Waals surface area contributed by atoms with Gasteiger partial charge in [-0.2, -0.15) is 0 Å². The minimum atomic E-state index is -3.93. The first-order valence-electron chi connectivity index (χ1n) is 5.94. The number of sulfonamides is 1. The fourth-order valence-electron chi connectivity index (χ4n) is 1.67. The SMILES string of the molecule is O=C(O)c1ccc(S(=O)(=O)NCc2cccc(CO)c2)o1. The average molecular weight is 311 g/mol. The minimum absolute atomic E-state index is 0.000716. The maximum absolute atomic E-state index is 11.9. The number of carboxylic acid groups (broad SMARTS) is 1. The van der Waals surface area contributed by atoms with Gasteiger partial charge in [0.1, 0.15) is 0 Å². The highest BCUT2D eigenvalue weighted by atomic mass is 32.2. The van der Waals surface area contributed by atoms with Crippen molar-refractivity contribution < 1.29 is 27.8 Å². The Kier molecular flexibility index (Phi) is 4.41. The molecule has 0 aliphatic heterocycles. The van der Waals surface area contributed by atoms with Gasteiger partial charge in [-0.05, 0) is 23.3 Å². The Morgan fingerprint density at radius 2 is 1.90 bits per heavy atom. The van der Waals surface area contributed by atoms with Gasteiger partial charge in [-0.3, -0.25) is 0 Å². The Hall–Kier alpha value is -2.16. The molecule has 0 saturated carbocycles. The van der Waals surface area contributed by atoms with Gasteiger partial charge in [-0.25, -0.2) is 17.9 Å². The molecular formula is C13H13NO6S. The third kappa shape index (κ3) is 3.69. The van der Waals surface area contributed by atoms with Crippen molar-refractivity contribution in [3.05, 3.63) is 53.3 Å². The van der Waals surface area contributed by atoms with E-state index in [9.17, 15) is 13.2 Å². The number of carbonyl (C=O) groups is 1. The lowest BCUT2D eigenvalue weighted by Crippen LogP contribution is -2.22. The second-order valence-electron chi connectivity index (χ2n) is 4.23. The lowest BCUT2D eigenvalue weighted by molar-refractivity contribution is 0.0656. The predicted octanol–water partition coefficient (Wildman–Crippen LogP) is 0.949. The number of hydrogen-bond acceptors (Lipinski definition) is 5. The number of aliphatic hydroxyl groups is 1. The molecule has 112 valence electrons. The zero-order chi connectivity index (χ0) is 15.5. The van der Waals surface area contributed by atoms with E-state index in [2.05, 4.69) is 4.72 Å². The second kappa shape index (κ2) is 6.08. The number of rotatable bonds is 6. The number of nitrogens with one attached hydrogen (secondary N) is 1. The standard InChI is InChI=1S/C13H13NO6S/c15-8-10-3-1-2-9(6-10)7-14-21(18,19)12-5-4-11(20-12)13(16)17/h1-6,14-15H,7-8H2,(H,16,17). The van der Waals surface area contributed by atoms with E-state index in [0.717, 1.165) is 12.1 Å². The summed E-state index contributed by atoms with van der Waals surface area (Å²) >= 11 is 0. The van der Waals surface area contributed by atoms with E-state index >= 15 is 0 Å². The Labute approximate surface area is 120 Å². The van der Waals surface area contributed by atoms with Crippen molar-refractivity contribution in [3.63, 3.8) is 0 Å². The van der Waals surface area contributed by atoms with Crippen LogP contribution in [0.2, 0.25) is 0 Å². The molecule has 0 saturated heterocycles. The normalized spacial score (nSPS) is 11.5. The average Bonchev–Trinajstić information content (AvgIpc) is 2.96. The summed E-state index contributed by atoms with van der Waals surface area (Å²) in [6.45, 7) is -0.139. The van der Waals surface area contributed by atoms with E-state index < -0.39 is 26.8 Å². The van der Waals surface area contributed by atoms with Crippen molar-refractivity contribution in [2.45, 2.75) is 18.2 Å². The van der Waals surface area contributed by atoms with Crippen LogP contribution >= 0.6 is 0 Å². The number of furan rings is 1. The first-order chi connectivity index (χ1) is 9.92. The van der Waals surface area contributed by atoms with Gasteiger partial charge in [-0.1, -0.05) is 24.3 Å². The second-order valence-corrected chi connectivity index (χ2v) is 5.92. The van der Waals surface area contributed by atoms with Gasteiger partial charge in [0.25, 0.3) is 10.0 Å². The Morgan fingerprint density at radius 1 is 1.19 bits per heavy atom. The molecule has 0 unspecified atom stereocenters. The van der Waals surface area contributed by atoms with Crippen molar-refractivity contribution in [1.29, 1.82) is 0 Å². The summed E-state index contributed by atoms with van der Waals surface area (Å²) in [7, 11) is -3.93. The molecular weight excluding hydrogens is 298 g/mol. The third-order valence-electron chi connectivity index (χ3n) is 2.70. The summed E-state index contributed by atoms with van der Waals surface area (Å²) < 4.78 is 30.9. The molecule has 7 nitrogen and oxygen atoms in total. The topological polar surface area (TPSA) is 117 Å². The zero-order valence-corrected chi connectivity index (χ0v) is 11.6. The number of carboxylic acids is 1. The van der Waals surface area contributed by atoms with Crippen molar-refractivity contribution in [2.24, 2.45) is 0 Å². The van der Waals surface area contributed by atoms with Crippen molar-refractivity contribution >= 4 is 16.0 Å². The van der Waals surface area contributed by atoms with Crippen LogP contribution in [0, 0.1) is 0 Å². The molecule has 1 aromatic carbocycles. The van der Waals surface area contributed by atoms with E-state index in [0.29, 0.717) is 11.1 Å². The lowest BCUT2D eigenvalue weighted by atomic mass is 10.1. The molecule has 0 bridgehead atoms. The van der Waals surface area contributed by atoms with E-state index in [4.69, 9.17) is 14.6 Å². The van der Waals surface area contributed by atoms with Crippen LogP contribution in [-0.4, -0.2) is 24.6 Å². The highest BCUT2D eigenvalue weighted by Gasteiger charge is 2.20. The van der Waals surface area contributed by atoms with E-state index in [1.165, 1.54) is 0 Å². The Bertz CT molecular complexity index is 750. The molecule has 0 spiro atoms. The Morgan fingerprint density at radius 3 is 2.52 bits per heavy atom. The van der Waals surface area contributed by atoms with Crippen LogP contribution in [0.15, 0.2) is 45.9 Å². The molecule has 21 heavy (non-hydrogen) atoms. The van der Waals surface area contributed by atoms with Crippen LogP contribution < -0.4 is 4.72 Å². The molecule has 2 aromatic rings. The van der Waals surface area contributed by atoms with Crippen LogP contribution in [0.5, 0.6) is 0 Å². The minimum Gasteiger partial charge on any atom is -0.475 e. The van der Waals surface area contributed by atoms with Crippen LogP contribution in [0.4, 0.5) is 0 Å². The number of aromatic carboxylic acids is 1. The van der Waals surface area contributed by atoms with Gasteiger partial charge in [0.15, 0.2) is 0 Å². The molecule has 0 atom stereocenters. The van der Waals surface area contributed by atoms with E-state index in [-0.39, 0.29) is 13.2 Å². The first-order valence-corrected chi connectivity index (χ1v) is 7.42. The third-order valence-corrected chi connectivity index (χ3v) is 3.97. The maximum atomic E-state index is 11.9.